The molecule has 0 unspecified atom stereocenters. The fraction of sp³-hybridized carbons (Fsp3) is 0.250. The number of halogens is 1. The predicted octanol–water partition coefficient (Wildman–Crippen LogP) is 4.63. The van der Waals surface area contributed by atoms with Crippen molar-refractivity contribution in [3.05, 3.63) is 53.2 Å². The quantitative estimate of drug-likeness (QED) is 0.562. The summed E-state index contributed by atoms with van der Waals surface area (Å²) >= 11 is 5.93. The molecule has 29 heavy (non-hydrogen) atoms. The van der Waals surface area contributed by atoms with E-state index in [0.717, 1.165) is 0 Å². The Morgan fingerprint density at radius 3 is 2.45 bits per heavy atom. The van der Waals surface area contributed by atoms with Crippen LogP contribution < -0.4 is 9.46 Å². The molecular weight excluding hydrogens is 416 g/mol. The van der Waals surface area contributed by atoms with Gasteiger partial charge in [-0.25, -0.2) is 8.42 Å². The predicted molar refractivity (Wildman–Crippen MR) is 114 cm³/mol. The number of fused-ring (bicyclic) bond motifs is 1. The highest BCUT2D eigenvalue weighted by molar-refractivity contribution is 7.93. The Hall–Kier alpha value is -2.71. The Balaban J connectivity index is 2.22. The molecule has 0 bridgehead atoms. The number of sulfonamides is 1. The van der Waals surface area contributed by atoms with Crippen molar-refractivity contribution >= 4 is 44.2 Å². The van der Waals surface area contributed by atoms with Gasteiger partial charge < -0.3 is 14.4 Å². The molecule has 0 aliphatic heterocycles. The van der Waals surface area contributed by atoms with Crippen molar-refractivity contribution < 1.29 is 23.1 Å². The number of carbonyl (C=O) groups is 1. The fourth-order valence-electron chi connectivity index (χ4n) is 2.93. The first-order chi connectivity index (χ1) is 13.6. The Bertz CT molecular complexity index is 1170. The van der Waals surface area contributed by atoms with E-state index >= 15 is 0 Å². The molecule has 3 rings (SSSR count). The van der Waals surface area contributed by atoms with Crippen LogP contribution in [0.1, 0.15) is 19.5 Å². The molecule has 2 N–H and O–H groups in total. The monoisotopic (exact) mass is 436 g/mol. The van der Waals surface area contributed by atoms with E-state index in [2.05, 4.69) is 4.72 Å². The maximum atomic E-state index is 12.5. The van der Waals surface area contributed by atoms with E-state index in [1.807, 2.05) is 0 Å². The van der Waals surface area contributed by atoms with Crippen LogP contribution in [0.5, 0.6) is 11.5 Å². The van der Waals surface area contributed by atoms with Gasteiger partial charge in [0.05, 0.1) is 27.5 Å². The van der Waals surface area contributed by atoms with Gasteiger partial charge in [-0.15, -0.1) is 0 Å². The first kappa shape index (κ1) is 21.0. The van der Waals surface area contributed by atoms with Crippen molar-refractivity contribution in [3.63, 3.8) is 0 Å². The van der Waals surface area contributed by atoms with Gasteiger partial charge in [-0.3, -0.25) is 9.52 Å². The van der Waals surface area contributed by atoms with Crippen LogP contribution in [0.3, 0.4) is 0 Å². The zero-order valence-electron chi connectivity index (χ0n) is 16.1. The lowest BCUT2D eigenvalue weighted by molar-refractivity contribution is -0.137. The number of hydrogen-bond donors (Lipinski definition) is 2. The second kappa shape index (κ2) is 7.96. The van der Waals surface area contributed by atoms with E-state index in [1.54, 1.807) is 67.8 Å². The van der Waals surface area contributed by atoms with Crippen molar-refractivity contribution in [3.8, 4) is 11.5 Å². The number of rotatable bonds is 7. The standard InChI is InChI=1S/C20H21ClN2O5S/c1-12(2)29(26,27)22-16-5-4-6-17-19(16)20(13(3)23(17)11-18(24)25)28-15-9-7-14(21)8-10-15/h4-10,12,22H,11H2,1-3H3,(H,24,25). The molecule has 2 aromatic carbocycles. The highest BCUT2D eigenvalue weighted by Crippen LogP contribution is 2.41. The smallest absolute Gasteiger partial charge is 0.323 e. The van der Waals surface area contributed by atoms with E-state index in [-0.39, 0.29) is 6.54 Å². The Morgan fingerprint density at radius 1 is 1.21 bits per heavy atom. The van der Waals surface area contributed by atoms with E-state index in [0.29, 0.717) is 38.8 Å². The molecule has 0 radical (unpaired) electrons. The van der Waals surface area contributed by atoms with Gasteiger partial charge in [0.15, 0.2) is 5.75 Å². The highest BCUT2D eigenvalue weighted by atomic mass is 35.5. The molecule has 0 amide bonds. The molecule has 0 saturated carbocycles. The van der Waals surface area contributed by atoms with Gasteiger partial charge in [0.25, 0.3) is 0 Å². The summed E-state index contributed by atoms with van der Waals surface area (Å²) in [6.07, 6.45) is 0. The van der Waals surface area contributed by atoms with Crippen molar-refractivity contribution in [2.75, 3.05) is 4.72 Å². The van der Waals surface area contributed by atoms with Gasteiger partial charge in [-0.2, -0.15) is 0 Å². The SMILES string of the molecule is Cc1c(Oc2ccc(Cl)cc2)c2c(NS(=O)(=O)C(C)C)cccc2n1CC(=O)O. The zero-order chi connectivity index (χ0) is 21.3. The van der Waals surface area contributed by atoms with Gasteiger partial charge in [-0.1, -0.05) is 17.7 Å². The summed E-state index contributed by atoms with van der Waals surface area (Å²) in [5.74, 6) is -0.143. The number of nitrogens with one attached hydrogen (secondary N) is 1. The molecule has 0 fully saturated rings. The van der Waals surface area contributed by atoms with Gasteiger partial charge in [-0.05, 0) is 57.2 Å². The molecule has 0 aliphatic rings. The van der Waals surface area contributed by atoms with Crippen LogP contribution >= 0.6 is 11.6 Å². The van der Waals surface area contributed by atoms with Crippen LogP contribution in [-0.4, -0.2) is 29.3 Å². The number of aromatic nitrogens is 1. The maximum Gasteiger partial charge on any atom is 0.323 e. The van der Waals surface area contributed by atoms with E-state index in [4.69, 9.17) is 16.3 Å². The highest BCUT2D eigenvalue weighted by Gasteiger charge is 2.23. The summed E-state index contributed by atoms with van der Waals surface area (Å²) < 4.78 is 35.1. The molecule has 0 aliphatic carbocycles. The molecule has 0 spiro atoms. The second-order valence-corrected chi connectivity index (χ2v) is 9.52. The van der Waals surface area contributed by atoms with Crippen LogP contribution in [-0.2, 0) is 21.4 Å². The number of nitrogens with zero attached hydrogens (tertiary/aromatic N) is 1. The van der Waals surface area contributed by atoms with Gasteiger partial charge in [0.2, 0.25) is 10.0 Å². The molecule has 0 saturated heterocycles. The number of carboxylic acids is 1. The zero-order valence-corrected chi connectivity index (χ0v) is 17.7. The third-order valence-corrected chi connectivity index (χ3v) is 6.49. The second-order valence-electron chi connectivity index (χ2n) is 6.85. The summed E-state index contributed by atoms with van der Waals surface area (Å²) in [6, 6.07) is 11.7. The van der Waals surface area contributed by atoms with Crippen LogP contribution in [0.25, 0.3) is 10.9 Å². The lowest BCUT2D eigenvalue weighted by Gasteiger charge is -2.13. The summed E-state index contributed by atoms with van der Waals surface area (Å²) in [7, 11) is -3.61. The van der Waals surface area contributed by atoms with Gasteiger partial charge in [0, 0.05) is 5.02 Å². The number of carboxylic acid groups (broad SMARTS) is 1. The largest absolute Gasteiger partial charge is 0.480 e. The molecule has 0 atom stereocenters. The van der Waals surface area contributed by atoms with Gasteiger partial charge in [0.1, 0.15) is 12.3 Å². The van der Waals surface area contributed by atoms with E-state index in [9.17, 15) is 18.3 Å². The minimum absolute atomic E-state index is 0.285. The Morgan fingerprint density at radius 2 is 1.86 bits per heavy atom. The summed E-state index contributed by atoms with van der Waals surface area (Å²) in [5, 5.41) is 9.72. The average Bonchev–Trinajstić information content (AvgIpc) is 2.89. The minimum Gasteiger partial charge on any atom is -0.480 e. The number of ether oxygens (including phenoxy) is 1. The summed E-state index contributed by atoms with van der Waals surface area (Å²) in [4.78, 5) is 11.4. The molecule has 9 heteroatoms. The first-order valence-corrected chi connectivity index (χ1v) is 10.8. The molecule has 7 nitrogen and oxygen atoms in total. The minimum atomic E-state index is -3.61. The topological polar surface area (TPSA) is 97.6 Å². The van der Waals surface area contributed by atoms with Crippen molar-refractivity contribution in [1.29, 1.82) is 0 Å². The normalized spacial score (nSPS) is 11.8. The number of benzene rings is 2. The molecule has 154 valence electrons. The molecular formula is C20H21ClN2O5S. The third-order valence-electron chi connectivity index (χ3n) is 4.49. The van der Waals surface area contributed by atoms with E-state index < -0.39 is 21.2 Å². The Kier molecular flexibility index (Phi) is 5.77. The maximum absolute atomic E-state index is 12.5. The molecule has 1 heterocycles. The van der Waals surface area contributed by atoms with E-state index in [1.165, 1.54) is 0 Å². The van der Waals surface area contributed by atoms with Crippen LogP contribution in [0.4, 0.5) is 5.69 Å². The molecule has 3 aromatic rings. The lowest BCUT2D eigenvalue weighted by atomic mass is 10.2. The van der Waals surface area contributed by atoms with Crippen molar-refractivity contribution in [1.82, 2.24) is 4.57 Å². The number of aliphatic carboxylic acids is 1. The fourth-order valence-corrected chi connectivity index (χ4v) is 3.77. The Labute approximate surface area is 173 Å². The van der Waals surface area contributed by atoms with Crippen LogP contribution in [0.15, 0.2) is 42.5 Å². The summed E-state index contributed by atoms with van der Waals surface area (Å²) in [5.41, 5.74) is 1.44. The third kappa shape index (κ3) is 4.33. The average molecular weight is 437 g/mol. The van der Waals surface area contributed by atoms with Gasteiger partial charge >= 0.3 is 5.97 Å². The number of hydrogen-bond acceptors (Lipinski definition) is 4. The summed E-state index contributed by atoms with van der Waals surface area (Å²) in [6.45, 7) is 4.60. The lowest BCUT2D eigenvalue weighted by Crippen LogP contribution is -2.22. The first-order valence-electron chi connectivity index (χ1n) is 8.89. The van der Waals surface area contributed by atoms with Crippen molar-refractivity contribution in [2.45, 2.75) is 32.6 Å². The molecule has 1 aromatic heterocycles. The van der Waals surface area contributed by atoms with Crippen molar-refractivity contribution in [2.24, 2.45) is 0 Å². The van der Waals surface area contributed by atoms with Crippen LogP contribution in [0, 0.1) is 6.92 Å². The van der Waals surface area contributed by atoms with Crippen LogP contribution in [0.2, 0.25) is 5.02 Å². The number of anilines is 1.